The van der Waals surface area contributed by atoms with Crippen molar-refractivity contribution in [3.05, 3.63) is 24.5 Å². The Hall–Kier alpha value is -2.64. The molecule has 1 aliphatic rings. The van der Waals surface area contributed by atoms with Crippen molar-refractivity contribution >= 4 is 11.9 Å². The molecule has 1 saturated carbocycles. The molecule has 2 N–H and O–H groups in total. The van der Waals surface area contributed by atoms with Crippen molar-refractivity contribution in [2.24, 2.45) is 0 Å². The fourth-order valence-corrected chi connectivity index (χ4v) is 1.93. The lowest BCUT2D eigenvalue weighted by molar-refractivity contribution is -0.143. The summed E-state index contributed by atoms with van der Waals surface area (Å²) in [5, 5.41) is 15.3. The highest BCUT2D eigenvalue weighted by Crippen LogP contribution is 2.35. The largest absolute Gasteiger partial charge is 0.480 e. The Labute approximate surface area is 119 Å². The summed E-state index contributed by atoms with van der Waals surface area (Å²) < 4.78 is 9.95. The highest BCUT2D eigenvalue weighted by atomic mass is 16.5. The van der Waals surface area contributed by atoms with E-state index in [1.54, 1.807) is 6.07 Å². The number of nitrogens with zero attached hydrogens (tertiary/aromatic N) is 2. The molecule has 1 amide bonds. The third-order valence-corrected chi connectivity index (χ3v) is 3.35. The fraction of sp³-hybridized carbons (Fsp3) is 0.385. The molecule has 0 bridgehead atoms. The summed E-state index contributed by atoms with van der Waals surface area (Å²) in [5.41, 5.74) is -0.370. The molecule has 2 aromatic rings. The molecular formula is C13H13N3O5. The molecule has 21 heavy (non-hydrogen) atoms. The maximum Gasteiger partial charge on any atom is 0.329 e. The average molecular weight is 291 g/mol. The lowest BCUT2D eigenvalue weighted by atomic mass is 10.2. The summed E-state index contributed by atoms with van der Waals surface area (Å²) in [4.78, 5) is 26.8. The first-order valence-corrected chi connectivity index (χ1v) is 6.49. The number of carboxylic acid groups (broad SMARTS) is 1. The van der Waals surface area contributed by atoms with Gasteiger partial charge in [0.25, 0.3) is 0 Å². The molecule has 8 nitrogen and oxygen atoms in total. The predicted octanol–water partition coefficient (Wildman–Crippen LogP) is 0.996. The van der Waals surface area contributed by atoms with E-state index in [0.29, 0.717) is 30.1 Å². The van der Waals surface area contributed by atoms with Gasteiger partial charge in [-0.2, -0.15) is 4.98 Å². The number of nitrogens with one attached hydrogen (secondary N) is 1. The van der Waals surface area contributed by atoms with Crippen LogP contribution in [0.3, 0.4) is 0 Å². The highest BCUT2D eigenvalue weighted by Gasteiger charge is 2.51. The molecule has 0 unspecified atom stereocenters. The Bertz CT molecular complexity index is 657. The first kappa shape index (κ1) is 13.3. The lowest BCUT2D eigenvalue weighted by Crippen LogP contribution is -2.43. The summed E-state index contributed by atoms with van der Waals surface area (Å²) in [6.07, 6.45) is 4.29. The molecule has 0 saturated heterocycles. The number of aromatic nitrogens is 2. The first-order chi connectivity index (χ1) is 10.1. The Kier molecular flexibility index (Phi) is 3.20. The van der Waals surface area contributed by atoms with Crippen molar-refractivity contribution in [1.82, 2.24) is 15.5 Å². The number of carboxylic acids is 1. The van der Waals surface area contributed by atoms with Crippen LogP contribution in [-0.4, -0.2) is 32.7 Å². The number of aryl methyl sites for hydroxylation is 1. The van der Waals surface area contributed by atoms with Crippen LogP contribution in [-0.2, 0) is 16.0 Å². The van der Waals surface area contributed by atoms with Crippen molar-refractivity contribution in [2.45, 2.75) is 31.2 Å². The van der Waals surface area contributed by atoms with E-state index in [-0.39, 0.29) is 18.7 Å². The number of hydrogen-bond donors (Lipinski definition) is 2. The third-order valence-electron chi connectivity index (χ3n) is 3.35. The van der Waals surface area contributed by atoms with Gasteiger partial charge >= 0.3 is 5.97 Å². The number of carbonyl (C=O) groups is 2. The zero-order chi connectivity index (χ0) is 14.9. The van der Waals surface area contributed by atoms with Crippen molar-refractivity contribution in [3.63, 3.8) is 0 Å². The van der Waals surface area contributed by atoms with Gasteiger partial charge in [0.1, 0.15) is 11.8 Å². The average Bonchev–Trinajstić information content (AvgIpc) is 2.92. The molecule has 0 spiro atoms. The highest BCUT2D eigenvalue weighted by molar-refractivity contribution is 5.89. The van der Waals surface area contributed by atoms with E-state index in [4.69, 9.17) is 14.0 Å². The van der Waals surface area contributed by atoms with E-state index in [1.165, 1.54) is 12.5 Å². The van der Waals surface area contributed by atoms with Crippen LogP contribution in [0, 0.1) is 0 Å². The van der Waals surface area contributed by atoms with Gasteiger partial charge in [-0.3, -0.25) is 4.79 Å². The SMILES string of the molecule is O=C(CCc1nc(-c2ccoc2)no1)NC1(C(=O)O)CC1. The molecule has 1 aliphatic carbocycles. The quantitative estimate of drug-likeness (QED) is 0.814. The molecule has 0 atom stereocenters. The summed E-state index contributed by atoms with van der Waals surface area (Å²) in [5.74, 6) is -0.612. The molecule has 0 aliphatic heterocycles. The lowest BCUT2D eigenvalue weighted by Gasteiger charge is -2.11. The Morgan fingerprint density at radius 3 is 2.86 bits per heavy atom. The van der Waals surface area contributed by atoms with Gasteiger partial charge < -0.3 is 19.4 Å². The number of amides is 1. The maximum absolute atomic E-state index is 11.7. The zero-order valence-corrected chi connectivity index (χ0v) is 11.0. The van der Waals surface area contributed by atoms with E-state index in [1.807, 2.05) is 0 Å². The number of furan rings is 1. The van der Waals surface area contributed by atoms with Crippen molar-refractivity contribution in [2.75, 3.05) is 0 Å². The topological polar surface area (TPSA) is 118 Å². The predicted molar refractivity (Wildman–Crippen MR) is 68.1 cm³/mol. The van der Waals surface area contributed by atoms with Gasteiger partial charge in [0.05, 0.1) is 11.8 Å². The molecule has 2 heterocycles. The van der Waals surface area contributed by atoms with Crippen LogP contribution in [0.5, 0.6) is 0 Å². The van der Waals surface area contributed by atoms with Crippen LogP contribution in [0.4, 0.5) is 0 Å². The smallest absolute Gasteiger partial charge is 0.329 e. The Morgan fingerprint density at radius 2 is 2.24 bits per heavy atom. The van der Waals surface area contributed by atoms with E-state index in [0.717, 1.165) is 0 Å². The van der Waals surface area contributed by atoms with Crippen LogP contribution in [0.15, 0.2) is 27.5 Å². The van der Waals surface area contributed by atoms with Crippen LogP contribution in [0.1, 0.15) is 25.2 Å². The third kappa shape index (κ3) is 2.78. The normalized spacial score (nSPS) is 15.6. The van der Waals surface area contributed by atoms with Gasteiger partial charge in [-0.1, -0.05) is 5.16 Å². The molecule has 0 aromatic carbocycles. The van der Waals surface area contributed by atoms with Crippen molar-refractivity contribution < 1.29 is 23.6 Å². The second-order valence-corrected chi connectivity index (χ2v) is 4.96. The monoisotopic (exact) mass is 291 g/mol. The van der Waals surface area contributed by atoms with E-state index < -0.39 is 11.5 Å². The molecule has 2 aromatic heterocycles. The second kappa shape index (κ2) is 5.04. The second-order valence-electron chi connectivity index (χ2n) is 4.96. The van der Waals surface area contributed by atoms with E-state index >= 15 is 0 Å². The van der Waals surface area contributed by atoms with Gasteiger partial charge in [0.15, 0.2) is 0 Å². The van der Waals surface area contributed by atoms with E-state index in [2.05, 4.69) is 15.5 Å². The Morgan fingerprint density at radius 1 is 1.43 bits per heavy atom. The van der Waals surface area contributed by atoms with Gasteiger partial charge in [0, 0.05) is 12.8 Å². The minimum Gasteiger partial charge on any atom is -0.480 e. The number of hydrogen-bond acceptors (Lipinski definition) is 6. The van der Waals surface area contributed by atoms with Crippen molar-refractivity contribution in [1.29, 1.82) is 0 Å². The van der Waals surface area contributed by atoms with Crippen LogP contribution in [0.25, 0.3) is 11.4 Å². The molecule has 0 radical (unpaired) electrons. The molecular weight excluding hydrogens is 278 g/mol. The maximum atomic E-state index is 11.7. The number of carbonyl (C=O) groups excluding carboxylic acids is 1. The number of aliphatic carboxylic acids is 1. The minimum atomic E-state index is -1.06. The summed E-state index contributed by atoms with van der Waals surface area (Å²) in [6, 6.07) is 1.70. The van der Waals surface area contributed by atoms with Crippen molar-refractivity contribution in [3.8, 4) is 11.4 Å². The van der Waals surface area contributed by atoms with E-state index in [9.17, 15) is 9.59 Å². The zero-order valence-electron chi connectivity index (χ0n) is 11.0. The minimum absolute atomic E-state index is 0.0993. The molecule has 8 heteroatoms. The first-order valence-electron chi connectivity index (χ1n) is 6.49. The fourth-order valence-electron chi connectivity index (χ4n) is 1.93. The molecule has 1 fully saturated rings. The molecule has 3 rings (SSSR count). The summed E-state index contributed by atoms with van der Waals surface area (Å²) >= 11 is 0. The van der Waals surface area contributed by atoms with Gasteiger partial charge in [0.2, 0.25) is 17.6 Å². The van der Waals surface area contributed by atoms with Gasteiger partial charge in [-0.15, -0.1) is 0 Å². The van der Waals surface area contributed by atoms with Crippen LogP contribution < -0.4 is 5.32 Å². The number of rotatable bonds is 6. The Balaban J connectivity index is 1.54. The van der Waals surface area contributed by atoms with Gasteiger partial charge in [-0.05, 0) is 18.9 Å². The summed E-state index contributed by atoms with van der Waals surface area (Å²) in [6.45, 7) is 0. The van der Waals surface area contributed by atoms with Crippen LogP contribution >= 0.6 is 0 Å². The molecule has 110 valence electrons. The van der Waals surface area contributed by atoms with Crippen LogP contribution in [0.2, 0.25) is 0 Å². The van der Waals surface area contributed by atoms with Gasteiger partial charge in [-0.25, -0.2) is 4.79 Å². The summed E-state index contributed by atoms with van der Waals surface area (Å²) in [7, 11) is 0. The standard InChI is InChI=1S/C13H13N3O5/c17-9(15-13(4-5-13)12(18)19)1-2-10-14-11(16-21-10)8-3-6-20-7-8/h3,6-7H,1-2,4-5H2,(H,15,17)(H,18,19).